The highest BCUT2D eigenvalue weighted by atomic mass is 35.5. The van der Waals surface area contributed by atoms with Crippen molar-refractivity contribution in [2.24, 2.45) is 0 Å². The largest absolute Gasteiger partial charge is 0.357 e. The third-order valence-electron chi connectivity index (χ3n) is 6.86. The molecule has 0 fully saturated rings. The molecular weight excluding hydrogens is 570 g/mol. The Labute approximate surface area is 252 Å². The molecule has 9 heteroatoms. The summed E-state index contributed by atoms with van der Waals surface area (Å²) in [5, 5.41) is 3.17. The first-order valence-electron chi connectivity index (χ1n) is 13.5. The van der Waals surface area contributed by atoms with Gasteiger partial charge in [0.15, 0.2) is 0 Å². The molecule has 0 aliphatic rings. The van der Waals surface area contributed by atoms with E-state index < -0.39 is 28.5 Å². The summed E-state index contributed by atoms with van der Waals surface area (Å²) in [5.41, 5.74) is 3.65. The molecule has 1 atom stereocenters. The van der Waals surface area contributed by atoms with Gasteiger partial charge in [-0.05, 0) is 72.5 Å². The highest BCUT2D eigenvalue weighted by Gasteiger charge is 2.34. The molecule has 0 aromatic heterocycles. The smallest absolute Gasteiger partial charge is 0.264 e. The fourth-order valence-electron chi connectivity index (χ4n) is 4.90. The molecule has 0 saturated heterocycles. The summed E-state index contributed by atoms with van der Waals surface area (Å²) in [7, 11) is -2.62. The number of anilines is 1. The van der Waals surface area contributed by atoms with Crippen molar-refractivity contribution in [2.75, 3.05) is 17.9 Å². The molecule has 4 aromatic rings. The SMILES string of the molecule is CNC(=O)C(Cc1ccccc1)N(Cc1cccc(Cl)c1)C(=O)CN(c1cc(C)cc(C)c1)S(=O)(=O)c1ccccc1. The molecule has 0 bridgehead atoms. The van der Waals surface area contributed by atoms with Crippen molar-refractivity contribution in [3.8, 4) is 0 Å². The van der Waals surface area contributed by atoms with Crippen LogP contribution < -0.4 is 9.62 Å². The highest BCUT2D eigenvalue weighted by Crippen LogP contribution is 2.27. The van der Waals surface area contributed by atoms with Gasteiger partial charge in [0.1, 0.15) is 12.6 Å². The van der Waals surface area contributed by atoms with E-state index in [1.165, 1.54) is 24.1 Å². The first-order valence-corrected chi connectivity index (χ1v) is 15.4. The van der Waals surface area contributed by atoms with E-state index in [1.807, 2.05) is 56.3 Å². The topological polar surface area (TPSA) is 86.8 Å². The van der Waals surface area contributed by atoms with Crippen LogP contribution in [0.1, 0.15) is 22.3 Å². The van der Waals surface area contributed by atoms with Gasteiger partial charge in [0.05, 0.1) is 10.6 Å². The van der Waals surface area contributed by atoms with Gasteiger partial charge in [-0.15, -0.1) is 0 Å². The van der Waals surface area contributed by atoms with Crippen LogP contribution in [0.5, 0.6) is 0 Å². The Kier molecular flexibility index (Phi) is 10.0. The first kappa shape index (κ1) is 30.8. The predicted molar refractivity (Wildman–Crippen MR) is 167 cm³/mol. The van der Waals surface area contributed by atoms with Crippen molar-refractivity contribution in [3.63, 3.8) is 0 Å². The van der Waals surface area contributed by atoms with Crippen molar-refractivity contribution in [3.05, 3.63) is 130 Å². The minimum Gasteiger partial charge on any atom is -0.357 e. The second-order valence-corrected chi connectivity index (χ2v) is 12.4. The van der Waals surface area contributed by atoms with Gasteiger partial charge in [0, 0.05) is 25.0 Å². The number of hydrogen-bond acceptors (Lipinski definition) is 4. The average molecular weight is 604 g/mol. The molecule has 2 amide bonds. The standard InChI is InChI=1S/C33H34ClN3O4S/c1-24-17-25(2)19-29(18-24)37(42(40,41)30-15-8-5-9-16-30)23-32(38)36(22-27-13-10-14-28(34)20-27)31(33(39)35-3)21-26-11-6-4-7-12-26/h4-20,31H,21-23H2,1-3H3,(H,35,39). The number of carbonyl (C=O) groups is 2. The Balaban J connectivity index is 1.81. The zero-order valence-electron chi connectivity index (χ0n) is 23.8. The average Bonchev–Trinajstić information content (AvgIpc) is 2.97. The molecule has 1 N–H and O–H groups in total. The Morgan fingerprint density at radius 1 is 0.810 bits per heavy atom. The summed E-state index contributed by atoms with van der Waals surface area (Å²) in [6, 6.07) is 29.0. The Bertz CT molecular complexity index is 1630. The molecule has 7 nitrogen and oxygen atoms in total. The van der Waals surface area contributed by atoms with E-state index >= 15 is 0 Å². The van der Waals surface area contributed by atoms with Crippen LogP contribution in [-0.4, -0.2) is 44.8 Å². The van der Waals surface area contributed by atoms with Gasteiger partial charge < -0.3 is 10.2 Å². The van der Waals surface area contributed by atoms with E-state index in [0.29, 0.717) is 16.3 Å². The van der Waals surface area contributed by atoms with Crippen LogP contribution >= 0.6 is 11.6 Å². The van der Waals surface area contributed by atoms with E-state index in [-0.39, 0.29) is 23.8 Å². The minimum absolute atomic E-state index is 0.0520. The molecule has 218 valence electrons. The maximum atomic E-state index is 14.3. The number of carbonyl (C=O) groups excluding carboxylic acids is 2. The van der Waals surface area contributed by atoms with Crippen LogP contribution in [0, 0.1) is 13.8 Å². The summed E-state index contributed by atoms with van der Waals surface area (Å²) in [4.78, 5) is 29.1. The van der Waals surface area contributed by atoms with Crippen molar-refractivity contribution in [1.29, 1.82) is 0 Å². The summed E-state index contributed by atoms with van der Waals surface area (Å²) >= 11 is 6.26. The summed E-state index contributed by atoms with van der Waals surface area (Å²) in [5.74, 6) is -0.892. The molecule has 4 rings (SSSR count). The van der Waals surface area contributed by atoms with Gasteiger partial charge in [0.2, 0.25) is 11.8 Å². The molecule has 0 saturated carbocycles. The van der Waals surface area contributed by atoms with Crippen molar-refractivity contribution in [2.45, 2.75) is 37.8 Å². The van der Waals surface area contributed by atoms with Crippen LogP contribution in [0.3, 0.4) is 0 Å². The number of aryl methyl sites for hydroxylation is 2. The number of benzene rings is 4. The first-order chi connectivity index (χ1) is 20.1. The van der Waals surface area contributed by atoms with Gasteiger partial charge >= 0.3 is 0 Å². The third kappa shape index (κ3) is 7.57. The number of sulfonamides is 1. The van der Waals surface area contributed by atoms with Gasteiger partial charge in [0.25, 0.3) is 10.0 Å². The van der Waals surface area contributed by atoms with Crippen molar-refractivity contribution >= 4 is 39.1 Å². The van der Waals surface area contributed by atoms with Crippen LogP contribution in [0.4, 0.5) is 5.69 Å². The van der Waals surface area contributed by atoms with Crippen LogP contribution in [-0.2, 0) is 32.6 Å². The Morgan fingerprint density at radius 2 is 1.40 bits per heavy atom. The van der Waals surface area contributed by atoms with E-state index in [0.717, 1.165) is 21.0 Å². The number of rotatable bonds is 11. The molecule has 42 heavy (non-hydrogen) atoms. The highest BCUT2D eigenvalue weighted by molar-refractivity contribution is 7.92. The van der Waals surface area contributed by atoms with E-state index in [9.17, 15) is 18.0 Å². The molecule has 0 heterocycles. The summed E-state index contributed by atoms with van der Waals surface area (Å²) in [6.07, 6.45) is 0.238. The van der Waals surface area contributed by atoms with E-state index in [1.54, 1.807) is 48.5 Å². The third-order valence-corrected chi connectivity index (χ3v) is 8.89. The number of halogens is 1. The van der Waals surface area contributed by atoms with Gasteiger partial charge in [-0.25, -0.2) is 8.42 Å². The maximum Gasteiger partial charge on any atom is 0.264 e. The fourth-order valence-corrected chi connectivity index (χ4v) is 6.53. The predicted octanol–water partition coefficient (Wildman–Crippen LogP) is 5.54. The lowest BCUT2D eigenvalue weighted by Gasteiger charge is -2.33. The quantitative estimate of drug-likeness (QED) is 0.244. The second-order valence-electron chi connectivity index (χ2n) is 10.1. The maximum absolute atomic E-state index is 14.3. The normalized spacial score (nSPS) is 11.9. The van der Waals surface area contributed by atoms with Gasteiger partial charge in [-0.1, -0.05) is 78.3 Å². The molecule has 1 unspecified atom stereocenters. The number of hydrogen-bond donors (Lipinski definition) is 1. The Hall–Kier alpha value is -4.14. The summed E-state index contributed by atoms with van der Waals surface area (Å²) in [6.45, 7) is 3.29. The van der Waals surface area contributed by atoms with Crippen LogP contribution in [0.15, 0.2) is 108 Å². The van der Waals surface area contributed by atoms with E-state index in [4.69, 9.17) is 11.6 Å². The molecule has 0 radical (unpaired) electrons. The number of likely N-dealkylation sites (N-methyl/N-ethyl adjacent to an activating group) is 1. The lowest BCUT2D eigenvalue weighted by Crippen LogP contribution is -2.53. The second kappa shape index (κ2) is 13.7. The lowest BCUT2D eigenvalue weighted by molar-refractivity contribution is -0.139. The molecule has 4 aromatic carbocycles. The summed E-state index contributed by atoms with van der Waals surface area (Å²) < 4.78 is 29.2. The molecule has 0 aliphatic carbocycles. The van der Waals surface area contributed by atoms with Crippen LogP contribution in [0.2, 0.25) is 5.02 Å². The zero-order valence-corrected chi connectivity index (χ0v) is 25.4. The minimum atomic E-state index is -4.14. The zero-order chi connectivity index (χ0) is 30.3. The van der Waals surface area contributed by atoms with Crippen molar-refractivity contribution < 1.29 is 18.0 Å². The lowest BCUT2D eigenvalue weighted by atomic mass is 10.0. The van der Waals surface area contributed by atoms with Crippen molar-refractivity contribution in [1.82, 2.24) is 10.2 Å². The molecule has 0 spiro atoms. The van der Waals surface area contributed by atoms with Gasteiger partial charge in [-0.3, -0.25) is 13.9 Å². The molecule has 0 aliphatic heterocycles. The fraction of sp³-hybridized carbons (Fsp3) is 0.212. The monoisotopic (exact) mass is 603 g/mol. The number of nitrogens with one attached hydrogen (secondary N) is 1. The van der Waals surface area contributed by atoms with Crippen LogP contribution in [0.25, 0.3) is 0 Å². The number of amides is 2. The van der Waals surface area contributed by atoms with E-state index in [2.05, 4.69) is 5.32 Å². The number of nitrogens with zero attached hydrogens (tertiary/aromatic N) is 2. The van der Waals surface area contributed by atoms with Gasteiger partial charge in [-0.2, -0.15) is 0 Å². The Morgan fingerprint density at radius 3 is 2.00 bits per heavy atom. The molecular formula is C33H34ClN3O4S.